The number of thiophene rings is 1. The van der Waals surface area contributed by atoms with Crippen LogP contribution in [0.15, 0.2) is 9.85 Å². The molecule has 2 amide bonds. The molecular weight excluding hydrogens is 328 g/mol. The minimum Gasteiger partial charge on any atom is -0.354 e. The molecule has 0 bridgehead atoms. The largest absolute Gasteiger partial charge is 0.354 e. The van der Waals surface area contributed by atoms with Crippen LogP contribution in [0.2, 0.25) is 0 Å². The van der Waals surface area contributed by atoms with E-state index in [9.17, 15) is 9.59 Å². The molecule has 0 radical (unpaired) electrons. The third-order valence-corrected chi connectivity index (χ3v) is 4.87. The van der Waals surface area contributed by atoms with Crippen molar-refractivity contribution >= 4 is 39.1 Å². The first-order valence-corrected chi connectivity index (χ1v) is 7.88. The van der Waals surface area contributed by atoms with E-state index < -0.39 is 0 Å². The number of carbonyl (C=O) groups excluding carboxylic acids is 2. The van der Waals surface area contributed by atoms with Crippen LogP contribution in [0.4, 0.5) is 0 Å². The van der Waals surface area contributed by atoms with Gasteiger partial charge in [0.15, 0.2) is 0 Å². The third kappa shape index (κ3) is 5.32. The van der Waals surface area contributed by atoms with Gasteiger partial charge in [-0.2, -0.15) is 0 Å². The first-order valence-electron chi connectivity index (χ1n) is 6.27. The van der Waals surface area contributed by atoms with Gasteiger partial charge in [0.1, 0.15) is 0 Å². The molecule has 1 unspecified atom stereocenters. The van der Waals surface area contributed by atoms with Crippen LogP contribution in [-0.4, -0.2) is 24.4 Å². The van der Waals surface area contributed by atoms with Crippen molar-refractivity contribution in [3.63, 3.8) is 0 Å². The van der Waals surface area contributed by atoms with Crippen LogP contribution in [0, 0.1) is 6.92 Å². The summed E-state index contributed by atoms with van der Waals surface area (Å²) in [6, 6.07) is 2.02. The zero-order chi connectivity index (χ0) is 14.4. The number of rotatable bonds is 6. The van der Waals surface area contributed by atoms with Crippen LogP contribution in [0.3, 0.4) is 0 Å². The zero-order valence-corrected chi connectivity index (χ0v) is 13.8. The number of hydrogen-bond acceptors (Lipinski definition) is 3. The van der Waals surface area contributed by atoms with Crippen molar-refractivity contribution in [1.82, 2.24) is 10.6 Å². The van der Waals surface area contributed by atoms with E-state index in [-0.39, 0.29) is 17.9 Å². The second-order valence-corrected chi connectivity index (χ2v) is 6.82. The third-order valence-electron chi connectivity index (χ3n) is 2.74. The van der Waals surface area contributed by atoms with Gasteiger partial charge in [0.2, 0.25) is 5.91 Å². The summed E-state index contributed by atoms with van der Waals surface area (Å²) in [4.78, 5) is 24.0. The first-order chi connectivity index (χ1) is 8.93. The Morgan fingerprint density at radius 3 is 2.68 bits per heavy atom. The molecule has 0 aliphatic heterocycles. The van der Waals surface area contributed by atoms with Gasteiger partial charge in [-0.25, -0.2) is 0 Å². The molecule has 4 nitrogen and oxygen atoms in total. The van der Waals surface area contributed by atoms with E-state index in [0.717, 1.165) is 15.8 Å². The average Bonchev–Trinajstić information content (AvgIpc) is 2.69. The Bertz CT molecular complexity index is 440. The Morgan fingerprint density at radius 1 is 1.47 bits per heavy atom. The van der Waals surface area contributed by atoms with E-state index in [1.807, 2.05) is 26.8 Å². The van der Waals surface area contributed by atoms with Gasteiger partial charge in [-0.1, -0.05) is 6.92 Å². The quantitative estimate of drug-likeness (QED) is 0.831. The van der Waals surface area contributed by atoms with Gasteiger partial charge in [0.05, 0.1) is 8.66 Å². The van der Waals surface area contributed by atoms with Crippen LogP contribution in [-0.2, 0) is 4.79 Å². The highest BCUT2D eigenvalue weighted by Crippen LogP contribution is 2.27. The summed E-state index contributed by atoms with van der Waals surface area (Å²) < 4.78 is 0.965. The summed E-state index contributed by atoms with van der Waals surface area (Å²) in [5, 5.41) is 5.61. The monoisotopic (exact) mass is 346 g/mol. The fourth-order valence-electron chi connectivity index (χ4n) is 1.40. The lowest BCUT2D eigenvalue weighted by atomic mass is 10.2. The molecule has 1 atom stereocenters. The minimum absolute atomic E-state index is 0.0295. The molecule has 0 saturated heterocycles. The lowest BCUT2D eigenvalue weighted by molar-refractivity contribution is -0.121. The fraction of sp³-hybridized carbons (Fsp3) is 0.538. The molecular formula is C13H19BrN2O2S. The van der Waals surface area contributed by atoms with Crippen molar-refractivity contribution < 1.29 is 9.59 Å². The Morgan fingerprint density at radius 2 is 2.16 bits per heavy atom. The summed E-state index contributed by atoms with van der Waals surface area (Å²) in [7, 11) is 0. The van der Waals surface area contributed by atoms with Crippen LogP contribution in [0.1, 0.15) is 41.9 Å². The topological polar surface area (TPSA) is 58.2 Å². The summed E-state index contributed by atoms with van der Waals surface area (Å²) >= 11 is 4.78. The van der Waals surface area contributed by atoms with E-state index in [4.69, 9.17) is 0 Å². The first kappa shape index (κ1) is 16.2. The van der Waals surface area contributed by atoms with Crippen molar-refractivity contribution in [2.24, 2.45) is 0 Å². The smallest absolute Gasteiger partial charge is 0.261 e. The van der Waals surface area contributed by atoms with Gasteiger partial charge in [-0.15, -0.1) is 11.3 Å². The van der Waals surface area contributed by atoms with Crippen molar-refractivity contribution in [2.45, 2.75) is 39.7 Å². The molecule has 106 valence electrons. The number of hydrogen-bond donors (Lipinski definition) is 2. The molecule has 0 aliphatic rings. The normalized spacial score (nSPS) is 12.0. The summed E-state index contributed by atoms with van der Waals surface area (Å²) in [5.74, 6) is -0.159. The second-order valence-electron chi connectivity index (χ2n) is 4.45. The van der Waals surface area contributed by atoms with E-state index >= 15 is 0 Å². The molecule has 6 heteroatoms. The number of carbonyl (C=O) groups is 2. The maximum atomic E-state index is 11.8. The summed E-state index contributed by atoms with van der Waals surface area (Å²) in [6.07, 6.45) is 1.21. The minimum atomic E-state index is -0.130. The van der Waals surface area contributed by atoms with Crippen LogP contribution in [0.5, 0.6) is 0 Å². The van der Waals surface area contributed by atoms with E-state index in [2.05, 4.69) is 26.6 Å². The van der Waals surface area contributed by atoms with Gasteiger partial charge in [-0.05, 0) is 47.8 Å². The highest BCUT2D eigenvalue weighted by Gasteiger charge is 2.11. The van der Waals surface area contributed by atoms with Crippen LogP contribution >= 0.6 is 27.3 Å². The lowest BCUT2D eigenvalue weighted by Crippen LogP contribution is -2.35. The van der Waals surface area contributed by atoms with E-state index in [1.54, 1.807) is 0 Å². The van der Waals surface area contributed by atoms with Crippen LogP contribution < -0.4 is 10.6 Å². The molecule has 1 heterocycles. The van der Waals surface area contributed by atoms with Crippen molar-refractivity contribution in [1.29, 1.82) is 0 Å². The average molecular weight is 347 g/mol. The Labute approximate surface area is 126 Å². The van der Waals surface area contributed by atoms with E-state index in [1.165, 1.54) is 11.3 Å². The SMILES string of the molecule is CCC(C)NC(=O)CCNC(=O)c1cc(C)c(Br)s1. The molecule has 0 aliphatic carbocycles. The van der Waals surface area contributed by atoms with Gasteiger partial charge >= 0.3 is 0 Å². The van der Waals surface area contributed by atoms with Crippen molar-refractivity contribution in [3.8, 4) is 0 Å². The van der Waals surface area contributed by atoms with Gasteiger partial charge in [-0.3, -0.25) is 9.59 Å². The highest BCUT2D eigenvalue weighted by molar-refractivity contribution is 9.11. The zero-order valence-electron chi connectivity index (χ0n) is 11.4. The van der Waals surface area contributed by atoms with Crippen molar-refractivity contribution in [3.05, 3.63) is 20.3 Å². The van der Waals surface area contributed by atoms with Crippen molar-refractivity contribution in [2.75, 3.05) is 6.54 Å². The molecule has 1 aromatic rings. The van der Waals surface area contributed by atoms with Crippen LogP contribution in [0.25, 0.3) is 0 Å². The summed E-state index contributed by atoms with van der Waals surface area (Å²) in [5.41, 5.74) is 1.05. The Kier molecular flexibility index (Phi) is 6.51. The number of halogens is 1. The van der Waals surface area contributed by atoms with E-state index in [0.29, 0.717) is 17.8 Å². The molecule has 1 rings (SSSR count). The molecule has 0 aromatic carbocycles. The molecule has 0 saturated carbocycles. The molecule has 0 spiro atoms. The van der Waals surface area contributed by atoms with Gasteiger partial charge in [0, 0.05) is 19.0 Å². The number of amides is 2. The lowest BCUT2D eigenvalue weighted by Gasteiger charge is -2.11. The molecule has 19 heavy (non-hydrogen) atoms. The molecule has 2 N–H and O–H groups in total. The second kappa shape index (κ2) is 7.65. The maximum Gasteiger partial charge on any atom is 0.261 e. The predicted molar refractivity (Wildman–Crippen MR) is 81.6 cm³/mol. The molecule has 1 aromatic heterocycles. The maximum absolute atomic E-state index is 11.8. The Balaban J connectivity index is 2.33. The molecule has 0 fully saturated rings. The number of nitrogens with one attached hydrogen (secondary N) is 2. The Hall–Kier alpha value is -0.880. The summed E-state index contributed by atoms with van der Waals surface area (Å²) in [6.45, 7) is 6.28. The van der Waals surface area contributed by atoms with Gasteiger partial charge < -0.3 is 10.6 Å². The number of aryl methyl sites for hydroxylation is 1. The predicted octanol–water partition coefficient (Wildman–Crippen LogP) is 2.85. The fourth-order valence-corrected chi connectivity index (χ4v) is 2.85. The highest BCUT2D eigenvalue weighted by atomic mass is 79.9. The standard InChI is InChI=1S/C13H19BrN2O2S/c1-4-9(3)16-11(17)5-6-15-13(18)10-7-8(2)12(14)19-10/h7,9H,4-6H2,1-3H3,(H,15,18)(H,16,17). The van der Waals surface area contributed by atoms with Gasteiger partial charge in [0.25, 0.3) is 5.91 Å².